The van der Waals surface area contributed by atoms with E-state index >= 15 is 0 Å². The molecule has 1 aliphatic rings. The first kappa shape index (κ1) is 23.2. The van der Waals surface area contributed by atoms with Crippen LogP contribution in [-0.4, -0.2) is 44.7 Å². The van der Waals surface area contributed by atoms with Gasteiger partial charge in [0.15, 0.2) is 0 Å². The summed E-state index contributed by atoms with van der Waals surface area (Å²) in [4.78, 5) is 40.4. The van der Waals surface area contributed by atoms with Crippen LogP contribution in [0, 0.1) is 0 Å². The van der Waals surface area contributed by atoms with Crippen LogP contribution >= 0.6 is 8.17 Å². The number of carbonyl (C=O) groups excluding carboxylic acids is 1. The Hall–Kier alpha value is -1.04. The van der Waals surface area contributed by atoms with Crippen molar-refractivity contribution in [3.8, 4) is 0 Å². The first-order valence-corrected chi connectivity index (χ1v) is 12.3. The van der Waals surface area contributed by atoms with Gasteiger partial charge in [-0.25, -0.2) is 0 Å². The summed E-state index contributed by atoms with van der Waals surface area (Å²) in [5.74, 6) is 0.0455. The maximum absolute atomic E-state index is 12.1. The van der Waals surface area contributed by atoms with E-state index in [9.17, 15) is 4.79 Å². The Kier molecular flexibility index (Phi) is 9.83. The number of amides is 1. The molecule has 1 aliphatic heterocycles. The van der Waals surface area contributed by atoms with Crippen molar-refractivity contribution in [2.75, 3.05) is 13.1 Å². The predicted molar refractivity (Wildman–Crippen MR) is 113 cm³/mol. The fourth-order valence-electron chi connectivity index (χ4n) is 3.59. The number of rotatable bonds is 13. The van der Waals surface area contributed by atoms with Crippen molar-refractivity contribution in [1.82, 2.24) is 4.90 Å². The molecule has 28 heavy (non-hydrogen) atoms. The van der Waals surface area contributed by atoms with Crippen molar-refractivity contribution in [1.29, 1.82) is 0 Å². The quantitative estimate of drug-likeness (QED) is 0.340. The minimum absolute atomic E-state index is 0.0455. The summed E-state index contributed by atoms with van der Waals surface area (Å²) in [5, 5.41) is 0. The molecule has 0 saturated carbocycles. The number of unbranched alkanes of at least 4 members (excludes halogenated alkanes) is 5. The third-order valence-electron chi connectivity index (χ3n) is 5.19. The van der Waals surface area contributed by atoms with Crippen molar-refractivity contribution >= 4 is 14.1 Å². The molecule has 0 atom stereocenters. The third kappa shape index (κ3) is 8.97. The molecule has 3 N–H and O–H groups in total. The maximum atomic E-state index is 12.1. The van der Waals surface area contributed by atoms with Gasteiger partial charge in [-0.1, -0.05) is 39.0 Å². The Morgan fingerprint density at radius 3 is 2.29 bits per heavy atom. The molecule has 0 radical (unpaired) electrons. The van der Waals surface area contributed by atoms with Gasteiger partial charge in [0.25, 0.3) is 0 Å². The van der Waals surface area contributed by atoms with Crippen LogP contribution in [-0.2, 0) is 22.2 Å². The molecule has 7 heteroatoms. The topological polar surface area (TPSA) is 90.2 Å². The molecule has 0 spiro atoms. The summed E-state index contributed by atoms with van der Waals surface area (Å²) in [6.45, 7) is 2.86. The van der Waals surface area contributed by atoms with E-state index in [-0.39, 0.29) is 5.91 Å². The van der Waals surface area contributed by atoms with Gasteiger partial charge < -0.3 is 0 Å². The molecule has 0 aliphatic carbocycles. The average molecular weight is 413 g/mol. The molecule has 1 aromatic carbocycles. The van der Waals surface area contributed by atoms with E-state index < -0.39 is 14.3 Å². The molecular formula is C21H36NO5P. The van der Waals surface area contributed by atoms with Crippen molar-refractivity contribution < 1.29 is 24.0 Å². The molecule has 0 unspecified atom stereocenters. The van der Waals surface area contributed by atoms with E-state index in [4.69, 9.17) is 19.2 Å². The van der Waals surface area contributed by atoms with Gasteiger partial charge in [-0.15, -0.1) is 0 Å². The van der Waals surface area contributed by atoms with Gasteiger partial charge in [0.2, 0.25) is 0 Å². The van der Waals surface area contributed by atoms with Gasteiger partial charge in [-0.2, -0.15) is 0 Å². The van der Waals surface area contributed by atoms with E-state index in [1.807, 2.05) is 0 Å². The predicted octanol–water partition coefficient (Wildman–Crippen LogP) is 3.53. The second-order valence-corrected chi connectivity index (χ2v) is 9.19. The molecule has 0 bridgehead atoms. The van der Waals surface area contributed by atoms with Gasteiger partial charge in [-0.3, -0.25) is 0 Å². The van der Waals surface area contributed by atoms with Gasteiger partial charge in [0, 0.05) is 0 Å². The molecular weight excluding hydrogens is 377 g/mol. The summed E-state index contributed by atoms with van der Waals surface area (Å²) in [6, 6.07) is 8.68. The monoisotopic (exact) mass is 413 g/mol. The van der Waals surface area contributed by atoms with Gasteiger partial charge in [0.1, 0.15) is 0 Å². The van der Waals surface area contributed by atoms with Gasteiger partial charge in [-0.05, 0) is 6.42 Å². The molecule has 0 aromatic heterocycles. The van der Waals surface area contributed by atoms with E-state index in [1.165, 1.54) is 49.7 Å². The zero-order valence-electron chi connectivity index (χ0n) is 17.0. The average Bonchev–Trinajstić information content (AvgIpc) is 2.60. The molecule has 1 heterocycles. The molecule has 2 rings (SSSR count). The standard InChI is InChI=1S/C21H36NO5P/c1-2-3-4-5-6-7-10-18-11-8-12-19(15-18)13-9-14-21(23)22-16-20(17-22)27-28(24,25)26/h8,11-12,15,20,24-26,28H,2-7,9-10,13-14,16-17H2,1H3. The Balaban J connectivity index is 1.61. The normalized spacial score (nSPS) is 15.5. The zero-order chi connectivity index (χ0) is 20.4. The summed E-state index contributed by atoms with van der Waals surface area (Å²) < 4.78 is 4.71. The summed E-state index contributed by atoms with van der Waals surface area (Å²) >= 11 is 0. The van der Waals surface area contributed by atoms with Crippen LogP contribution < -0.4 is 0 Å². The van der Waals surface area contributed by atoms with Crippen LogP contribution in [0.5, 0.6) is 0 Å². The van der Waals surface area contributed by atoms with Crippen LogP contribution in [0.2, 0.25) is 0 Å². The molecule has 160 valence electrons. The fraction of sp³-hybridized carbons (Fsp3) is 0.667. The van der Waals surface area contributed by atoms with E-state index in [2.05, 4.69) is 31.2 Å². The number of benzene rings is 1. The van der Waals surface area contributed by atoms with Crippen molar-refractivity contribution in [2.45, 2.75) is 77.2 Å². The Labute approximate surface area is 169 Å². The van der Waals surface area contributed by atoms with E-state index in [0.29, 0.717) is 19.5 Å². The third-order valence-corrected chi connectivity index (χ3v) is 5.84. The number of nitrogens with zero attached hydrogens (tertiary/aromatic N) is 1. The van der Waals surface area contributed by atoms with Gasteiger partial charge in [0.05, 0.1) is 0 Å². The first-order valence-electron chi connectivity index (χ1n) is 10.6. The Morgan fingerprint density at radius 2 is 1.64 bits per heavy atom. The summed E-state index contributed by atoms with van der Waals surface area (Å²) in [7, 11) is -4.49. The second-order valence-electron chi connectivity index (χ2n) is 7.80. The van der Waals surface area contributed by atoms with E-state index in [0.717, 1.165) is 19.3 Å². The fourth-order valence-corrected chi connectivity index (χ4v) is 4.19. The minimum atomic E-state index is -4.49. The Morgan fingerprint density at radius 1 is 1.04 bits per heavy atom. The van der Waals surface area contributed by atoms with E-state index in [1.54, 1.807) is 4.90 Å². The van der Waals surface area contributed by atoms with Crippen LogP contribution in [0.15, 0.2) is 24.3 Å². The summed E-state index contributed by atoms with van der Waals surface area (Å²) in [6.07, 6.45) is 10.6. The first-order chi connectivity index (χ1) is 13.4. The van der Waals surface area contributed by atoms with Crippen LogP contribution in [0.4, 0.5) is 0 Å². The van der Waals surface area contributed by atoms with Crippen LogP contribution in [0.25, 0.3) is 0 Å². The molecule has 1 aromatic rings. The van der Waals surface area contributed by atoms with Gasteiger partial charge >= 0.3 is 123 Å². The summed E-state index contributed by atoms with van der Waals surface area (Å²) in [5.41, 5.74) is 2.66. The SMILES string of the molecule is CCCCCCCCc1cccc(CCCC(=O)N2CC(O[PH](O)(O)O)C2)c1. The number of carbonyl (C=O) groups is 1. The number of hydrogen-bond donors (Lipinski definition) is 3. The van der Waals surface area contributed by atoms with Crippen molar-refractivity contribution in [3.63, 3.8) is 0 Å². The number of likely N-dealkylation sites (tertiary alicyclic amines) is 1. The van der Waals surface area contributed by atoms with Crippen LogP contribution in [0.3, 0.4) is 0 Å². The van der Waals surface area contributed by atoms with Crippen LogP contribution in [0.1, 0.15) is 69.4 Å². The number of hydrogen-bond acceptors (Lipinski definition) is 5. The molecule has 1 amide bonds. The number of aryl methyl sites for hydroxylation is 2. The zero-order valence-corrected chi connectivity index (χ0v) is 18.0. The molecule has 1 saturated heterocycles. The molecule has 1 fully saturated rings. The Bertz CT molecular complexity index is 599. The molecule has 6 nitrogen and oxygen atoms in total. The van der Waals surface area contributed by atoms with Crippen molar-refractivity contribution in [2.24, 2.45) is 0 Å². The second kappa shape index (κ2) is 11.8. The van der Waals surface area contributed by atoms with Crippen molar-refractivity contribution in [3.05, 3.63) is 35.4 Å².